The number of benzene rings is 1. The molecule has 0 fully saturated rings. The summed E-state index contributed by atoms with van der Waals surface area (Å²) in [7, 11) is 4.61. The van der Waals surface area contributed by atoms with Gasteiger partial charge in [0.05, 0.1) is 21.3 Å². The molecule has 0 aromatic heterocycles. The van der Waals surface area contributed by atoms with E-state index < -0.39 is 0 Å². The van der Waals surface area contributed by atoms with Gasteiger partial charge in [0.15, 0.2) is 11.5 Å². The highest BCUT2D eigenvalue weighted by molar-refractivity contribution is 5.76. The molecule has 1 aliphatic heterocycles. The van der Waals surface area contributed by atoms with E-state index >= 15 is 0 Å². The van der Waals surface area contributed by atoms with Gasteiger partial charge in [-0.15, -0.1) is 0 Å². The van der Waals surface area contributed by atoms with Crippen molar-refractivity contribution in [3.05, 3.63) is 23.3 Å². The third-order valence-corrected chi connectivity index (χ3v) is 3.15. The van der Waals surface area contributed by atoms with Gasteiger partial charge in [0, 0.05) is 6.54 Å². The van der Waals surface area contributed by atoms with Crippen LogP contribution in [-0.2, 0) is 22.5 Å². The molecule has 0 unspecified atom stereocenters. The normalized spacial score (nSPS) is 17.8. The van der Waals surface area contributed by atoms with E-state index in [1.807, 2.05) is 12.1 Å². The largest absolute Gasteiger partial charge is 0.493 e. The molecule has 1 aliphatic rings. The van der Waals surface area contributed by atoms with Gasteiger partial charge in [0.25, 0.3) is 0 Å². The molecule has 0 bridgehead atoms. The minimum Gasteiger partial charge on any atom is -0.493 e. The van der Waals surface area contributed by atoms with Crippen molar-refractivity contribution in [1.29, 1.82) is 0 Å². The van der Waals surface area contributed by atoms with Crippen LogP contribution in [-0.4, -0.2) is 33.3 Å². The number of hydrogen-bond donors (Lipinski definition) is 1. The summed E-state index contributed by atoms with van der Waals surface area (Å²) < 4.78 is 15.3. The molecule has 0 aliphatic carbocycles. The number of methoxy groups -OCH3 is 3. The number of rotatable bonds is 3. The molecular formula is C13H17NO4. The van der Waals surface area contributed by atoms with Crippen LogP contribution < -0.4 is 14.8 Å². The van der Waals surface area contributed by atoms with Crippen LogP contribution in [0.2, 0.25) is 0 Å². The number of hydrogen-bond acceptors (Lipinski definition) is 5. The molecule has 2 rings (SSSR count). The predicted molar refractivity (Wildman–Crippen MR) is 65.9 cm³/mol. The Kier molecular flexibility index (Phi) is 3.72. The van der Waals surface area contributed by atoms with Gasteiger partial charge in [-0.25, -0.2) is 0 Å². The van der Waals surface area contributed by atoms with Gasteiger partial charge in [0.2, 0.25) is 0 Å². The third kappa shape index (κ3) is 2.26. The van der Waals surface area contributed by atoms with Gasteiger partial charge >= 0.3 is 5.97 Å². The van der Waals surface area contributed by atoms with Crippen LogP contribution in [0.3, 0.4) is 0 Å². The number of ether oxygens (including phenoxy) is 3. The first-order valence-electron chi connectivity index (χ1n) is 5.74. The number of carbonyl (C=O) groups excluding carboxylic acids is 1. The SMILES string of the molecule is COC(=O)[C@@H]1Cc2cc(OC)c(OC)cc2CN1. The molecular weight excluding hydrogens is 234 g/mol. The van der Waals surface area contributed by atoms with Crippen molar-refractivity contribution < 1.29 is 19.0 Å². The molecule has 5 nitrogen and oxygen atoms in total. The molecule has 1 aromatic carbocycles. The van der Waals surface area contributed by atoms with Crippen LogP contribution in [0.4, 0.5) is 0 Å². The molecule has 5 heteroatoms. The van der Waals surface area contributed by atoms with E-state index in [9.17, 15) is 4.79 Å². The van der Waals surface area contributed by atoms with Gasteiger partial charge in [-0.2, -0.15) is 0 Å². The summed E-state index contributed by atoms with van der Waals surface area (Å²) in [5.41, 5.74) is 2.20. The maximum absolute atomic E-state index is 11.5. The molecule has 1 heterocycles. The van der Waals surface area contributed by atoms with Crippen molar-refractivity contribution in [2.75, 3.05) is 21.3 Å². The lowest BCUT2D eigenvalue weighted by molar-refractivity contribution is -0.143. The summed E-state index contributed by atoms with van der Waals surface area (Å²) in [4.78, 5) is 11.5. The molecule has 0 saturated heterocycles. The quantitative estimate of drug-likeness (QED) is 0.809. The molecule has 0 saturated carbocycles. The first kappa shape index (κ1) is 12.7. The highest BCUT2D eigenvalue weighted by Crippen LogP contribution is 2.32. The van der Waals surface area contributed by atoms with Crippen LogP contribution >= 0.6 is 0 Å². The molecule has 0 spiro atoms. The predicted octanol–water partition coefficient (Wildman–Crippen LogP) is 0.891. The average molecular weight is 251 g/mol. The van der Waals surface area contributed by atoms with E-state index in [0.717, 1.165) is 11.1 Å². The van der Waals surface area contributed by atoms with Gasteiger partial charge in [-0.05, 0) is 29.7 Å². The molecule has 1 atom stereocenters. The highest BCUT2D eigenvalue weighted by Gasteiger charge is 2.26. The van der Waals surface area contributed by atoms with E-state index in [2.05, 4.69) is 5.32 Å². The van der Waals surface area contributed by atoms with Crippen molar-refractivity contribution in [2.45, 2.75) is 19.0 Å². The van der Waals surface area contributed by atoms with Gasteiger partial charge in [0.1, 0.15) is 6.04 Å². The Hall–Kier alpha value is -1.75. The van der Waals surface area contributed by atoms with Gasteiger partial charge in [-0.3, -0.25) is 4.79 Å². The summed E-state index contributed by atoms with van der Waals surface area (Å²) >= 11 is 0. The topological polar surface area (TPSA) is 56.8 Å². The van der Waals surface area contributed by atoms with Crippen molar-refractivity contribution in [3.63, 3.8) is 0 Å². The standard InChI is InChI=1S/C13H17NO4/c1-16-11-5-8-4-10(13(15)18-3)14-7-9(8)6-12(11)17-2/h5-6,10,14H,4,7H2,1-3H3/t10-/m0/s1. The number of nitrogens with one attached hydrogen (secondary N) is 1. The van der Waals surface area contributed by atoms with Crippen LogP contribution in [0.25, 0.3) is 0 Å². The number of esters is 1. The molecule has 1 N–H and O–H groups in total. The van der Waals surface area contributed by atoms with Gasteiger partial charge in [-0.1, -0.05) is 0 Å². The Morgan fingerprint density at radius 1 is 1.17 bits per heavy atom. The average Bonchev–Trinajstić information content (AvgIpc) is 2.44. The fourth-order valence-electron chi connectivity index (χ4n) is 2.15. The van der Waals surface area contributed by atoms with Crippen molar-refractivity contribution in [3.8, 4) is 11.5 Å². The van der Waals surface area contributed by atoms with Crippen molar-refractivity contribution >= 4 is 5.97 Å². The maximum Gasteiger partial charge on any atom is 0.323 e. The molecule has 0 radical (unpaired) electrons. The number of carbonyl (C=O) groups is 1. The lowest BCUT2D eigenvalue weighted by atomic mass is 9.95. The third-order valence-electron chi connectivity index (χ3n) is 3.15. The first-order chi connectivity index (χ1) is 8.69. The second-order valence-corrected chi connectivity index (χ2v) is 4.14. The summed E-state index contributed by atoms with van der Waals surface area (Å²) in [5, 5.41) is 3.14. The van der Waals surface area contributed by atoms with Crippen molar-refractivity contribution in [1.82, 2.24) is 5.32 Å². The van der Waals surface area contributed by atoms with Gasteiger partial charge < -0.3 is 19.5 Å². The summed E-state index contributed by atoms with van der Waals surface area (Å²) in [5.74, 6) is 1.15. The Labute approximate surface area is 106 Å². The Balaban J connectivity index is 2.29. The second-order valence-electron chi connectivity index (χ2n) is 4.14. The number of fused-ring (bicyclic) bond motifs is 1. The minimum atomic E-state index is -0.291. The maximum atomic E-state index is 11.5. The van der Waals surface area contributed by atoms with E-state index in [0.29, 0.717) is 24.5 Å². The lowest BCUT2D eigenvalue weighted by Crippen LogP contribution is -2.42. The summed E-state index contributed by atoms with van der Waals surface area (Å²) in [6, 6.07) is 3.57. The molecule has 98 valence electrons. The minimum absolute atomic E-state index is 0.240. The Morgan fingerprint density at radius 3 is 2.33 bits per heavy atom. The zero-order valence-electron chi connectivity index (χ0n) is 10.8. The fraction of sp³-hybridized carbons (Fsp3) is 0.462. The monoisotopic (exact) mass is 251 g/mol. The smallest absolute Gasteiger partial charge is 0.323 e. The lowest BCUT2D eigenvalue weighted by Gasteiger charge is -2.25. The second kappa shape index (κ2) is 5.27. The Morgan fingerprint density at radius 2 is 1.78 bits per heavy atom. The van der Waals surface area contributed by atoms with E-state index in [4.69, 9.17) is 14.2 Å². The summed E-state index contributed by atoms with van der Waals surface area (Å²) in [6.45, 7) is 0.620. The van der Waals surface area contributed by atoms with Crippen LogP contribution in [0.15, 0.2) is 12.1 Å². The zero-order chi connectivity index (χ0) is 13.1. The van der Waals surface area contributed by atoms with Crippen molar-refractivity contribution in [2.24, 2.45) is 0 Å². The van der Waals surface area contributed by atoms with Crippen LogP contribution in [0.1, 0.15) is 11.1 Å². The Bertz CT molecular complexity index is 459. The summed E-state index contributed by atoms with van der Waals surface area (Å²) in [6.07, 6.45) is 0.600. The highest BCUT2D eigenvalue weighted by atomic mass is 16.5. The first-order valence-corrected chi connectivity index (χ1v) is 5.74. The molecule has 18 heavy (non-hydrogen) atoms. The van der Waals surface area contributed by atoms with E-state index in [-0.39, 0.29) is 12.0 Å². The van der Waals surface area contributed by atoms with Crippen LogP contribution in [0, 0.1) is 0 Å². The molecule has 1 aromatic rings. The molecule has 0 amide bonds. The van der Waals surface area contributed by atoms with E-state index in [1.54, 1.807) is 14.2 Å². The zero-order valence-corrected chi connectivity index (χ0v) is 10.8. The van der Waals surface area contributed by atoms with E-state index in [1.165, 1.54) is 7.11 Å². The van der Waals surface area contributed by atoms with Crippen LogP contribution in [0.5, 0.6) is 11.5 Å². The fourth-order valence-corrected chi connectivity index (χ4v) is 2.15.